The van der Waals surface area contributed by atoms with Crippen molar-refractivity contribution in [2.45, 2.75) is 32.7 Å². The number of nitrogens with zero attached hydrogens (tertiary/aromatic N) is 4. The van der Waals surface area contributed by atoms with Crippen molar-refractivity contribution in [1.82, 2.24) is 19.5 Å². The zero-order valence-electron chi connectivity index (χ0n) is 12.4. The quantitative estimate of drug-likeness (QED) is 0.927. The van der Waals surface area contributed by atoms with Crippen LogP contribution in [0.4, 0.5) is 0 Å². The van der Waals surface area contributed by atoms with Gasteiger partial charge in [0.05, 0.1) is 5.56 Å². The van der Waals surface area contributed by atoms with Gasteiger partial charge in [0.1, 0.15) is 5.82 Å². The van der Waals surface area contributed by atoms with E-state index < -0.39 is 5.97 Å². The minimum Gasteiger partial charge on any atom is -0.478 e. The third-order valence-corrected chi connectivity index (χ3v) is 4.24. The van der Waals surface area contributed by atoms with Crippen LogP contribution in [0.5, 0.6) is 0 Å². The summed E-state index contributed by atoms with van der Waals surface area (Å²) in [6.45, 7) is 6.63. The maximum atomic E-state index is 11.1. The molecule has 6 heteroatoms. The molecule has 2 aromatic rings. The summed E-state index contributed by atoms with van der Waals surface area (Å²) in [6, 6.07) is 3.84. The summed E-state index contributed by atoms with van der Waals surface area (Å²) >= 11 is 0. The van der Waals surface area contributed by atoms with Crippen LogP contribution in [0.1, 0.15) is 36.5 Å². The smallest absolute Gasteiger partial charge is 0.337 e. The Labute approximate surface area is 123 Å². The molecule has 0 bridgehead atoms. The van der Waals surface area contributed by atoms with Crippen molar-refractivity contribution in [3.05, 3.63) is 29.7 Å². The van der Waals surface area contributed by atoms with Gasteiger partial charge in [-0.05, 0) is 44.9 Å². The highest BCUT2D eigenvalue weighted by Crippen LogP contribution is 2.22. The van der Waals surface area contributed by atoms with Gasteiger partial charge in [0.2, 0.25) is 0 Å². The maximum Gasteiger partial charge on any atom is 0.337 e. The van der Waals surface area contributed by atoms with Gasteiger partial charge in [0.25, 0.3) is 0 Å². The van der Waals surface area contributed by atoms with Gasteiger partial charge in [-0.25, -0.2) is 4.79 Å². The van der Waals surface area contributed by atoms with Crippen molar-refractivity contribution < 1.29 is 9.90 Å². The van der Waals surface area contributed by atoms with Gasteiger partial charge in [0, 0.05) is 25.2 Å². The van der Waals surface area contributed by atoms with Crippen LogP contribution in [0.2, 0.25) is 0 Å². The lowest BCUT2D eigenvalue weighted by atomic mass is 10.0. The Morgan fingerprint density at radius 2 is 2.24 bits per heavy atom. The van der Waals surface area contributed by atoms with E-state index in [2.05, 4.69) is 28.9 Å². The molecule has 0 saturated carbocycles. The fourth-order valence-corrected chi connectivity index (χ4v) is 2.96. The van der Waals surface area contributed by atoms with E-state index in [1.165, 1.54) is 0 Å². The van der Waals surface area contributed by atoms with Crippen LogP contribution in [0.25, 0.3) is 5.65 Å². The number of rotatable bonds is 4. The van der Waals surface area contributed by atoms with Gasteiger partial charge in [-0.1, -0.05) is 0 Å². The molecule has 1 fully saturated rings. The molecule has 1 aliphatic heterocycles. The number of carboxylic acids is 1. The Balaban J connectivity index is 1.81. The molecule has 0 aliphatic carbocycles. The molecule has 1 aliphatic rings. The summed E-state index contributed by atoms with van der Waals surface area (Å²) in [5.41, 5.74) is 0.965. The molecule has 3 rings (SSSR count). The number of carbonyl (C=O) groups is 1. The summed E-state index contributed by atoms with van der Waals surface area (Å²) in [5.74, 6) is 0.486. The summed E-state index contributed by atoms with van der Waals surface area (Å²) in [4.78, 5) is 13.5. The molecule has 1 saturated heterocycles. The number of pyridine rings is 1. The number of hydrogen-bond donors (Lipinski definition) is 1. The molecular weight excluding hydrogens is 268 g/mol. The number of likely N-dealkylation sites (tertiary alicyclic amines) is 1. The SMILES string of the molecule is CC(C)N1CCC(Cc2nnc3ccc(C(=O)O)cn23)C1. The highest BCUT2D eigenvalue weighted by atomic mass is 16.4. The monoisotopic (exact) mass is 288 g/mol. The van der Waals surface area contributed by atoms with Crippen LogP contribution >= 0.6 is 0 Å². The van der Waals surface area contributed by atoms with Crippen molar-refractivity contribution >= 4 is 11.6 Å². The van der Waals surface area contributed by atoms with Crippen molar-refractivity contribution in [1.29, 1.82) is 0 Å². The first kappa shape index (κ1) is 14.0. The molecule has 0 amide bonds. The third-order valence-electron chi connectivity index (χ3n) is 4.24. The summed E-state index contributed by atoms with van der Waals surface area (Å²) in [7, 11) is 0. The first-order chi connectivity index (χ1) is 10.0. The van der Waals surface area contributed by atoms with Crippen LogP contribution in [-0.4, -0.2) is 49.7 Å². The predicted octanol–water partition coefficient (Wildman–Crippen LogP) is 1.70. The van der Waals surface area contributed by atoms with Gasteiger partial charge >= 0.3 is 5.97 Å². The fourth-order valence-electron chi connectivity index (χ4n) is 2.96. The lowest BCUT2D eigenvalue weighted by molar-refractivity contribution is 0.0696. The van der Waals surface area contributed by atoms with E-state index in [9.17, 15) is 4.79 Å². The largest absolute Gasteiger partial charge is 0.478 e. The van der Waals surface area contributed by atoms with Crippen LogP contribution in [0, 0.1) is 5.92 Å². The summed E-state index contributed by atoms with van der Waals surface area (Å²) in [5, 5.41) is 17.4. The Morgan fingerprint density at radius 1 is 1.43 bits per heavy atom. The number of hydrogen-bond acceptors (Lipinski definition) is 4. The molecule has 2 aromatic heterocycles. The van der Waals surface area contributed by atoms with Gasteiger partial charge < -0.3 is 10.0 Å². The van der Waals surface area contributed by atoms with Crippen LogP contribution in [-0.2, 0) is 6.42 Å². The van der Waals surface area contributed by atoms with Crippen LogP contribution in [0.3, 0.4) is 0 Å². The molecule has 6 nitrogen and oxygen atoms in total. The van der Waals surface area contributed by atoms with Crippen molar-refractivity contribution in [3.8, 4) is 0 Å². The first-order valence-corrected chi connectivity index (χ1v) is 7.35. The minimum absolute atomic E-state index is 0.263. The Bertz CT molecular complexity index is 665. The van der Waals surface area contributed by atoms with E-state index in [1.807, 2.05) is 4.40 Å². The summed E-state index contributed by atoms with van der Waals surface area (Å²) < 4.78 is 1.81. The Hall–Kier alpha value is -1.95. The standard InChI is InChI=1S/C15H20N4O2/c1-10(2)18-6-5-11(8-18)7-14-17-16-13-4-3-12(15(20)21)9-19(13)14/h3-4,9-11H,5-8H2,1-2H3,(H,20,21). The van der Waals surface area contributed by atoms with Gasteiger partial charge in [-0.15, -0.1) is 10.2 Å². The van der Waals surface area contributed by atoms with Crippen molar-refractivity contribution in [3.63, 3.8) is 0 Å². The lowest BCUT2D eigenvalue weighted by Gasteiger charge is -2.20. The summed E-state index contributed by atoms with van der Waals surface area (Å²) in [6.07, 6.45) is 3.61. The zero-order chi connectivity index (χ0) is 15.0. The second kappa shape index (κ2) is 5.44. The Morgan fingerprint density at radius 3 is 2.90 bits per heavy atom. The molecule has 0 aromatic carbocycles. The molecule has 1 N–H and O–H groups in total. The second-order valence-electron chi connectivity index (χ2n) is 6.01. The molecule has 1 unspecified atom stereocenters. The highest BCUT2D eigenvalue weighted by Gasteiger charge is 2.25. The van der Waals surface area contributed by atoms with E-state index in [4.69, 9.17) is 5.11 Å². The molecule has 3 heterocycles. The number of aromatic carboxylic acids is 1. The van der Waals surface area contributed by atoms with E-state index in [-0.39, 0.29) is 5.56 Å². The van der Waals surface area contributed by atoms with E-state index in [1.54, 1.807) is 18.3 Å². The molecule has 112 valence electrons. The average Bonchev–Trinajstić information content (AvgIpc) is 3.06. The lowest BCUT2D eigenvalue weighted by Crippen LogP contribution is -2.28. The second-order valence-corrected chi connectivity index (χ2v) is 6.01. The van der Waals surface area contributed by atoms with Crippen molar-refractivity contribution in [2.75, 3.05) is 13.1 Å². The third kappa shape index (κ3) is 2.76. The molecule has 0 spiro atoms. The zero-order valence-corrected chi connectivity index (χ0v) is 12.4. The fraction of sp³-hybridized carbons (Fsp3) is 0.533. The number of carboxylic acid groups (broad SMARTS) is 1. The molecule has 0 radical (unpaired) electrons. The Kier molecular flexibility index (Phi) is 3.63. The number of fused-ring (bicyclic) bond motifs is 1. The van der Waals surface area contributed by atoms with Gasteiger partial charge in [-0.2, -0.15) is 0 Å². The molecule has 21 heavy (non-hydrogen) atoms. The molecular formula is C15H20N4O2. The topological polar surface area (TPSA) is 70.7 Å². The predicted molar refractivity (Wildman–Crippen MR) is 78.5 cm³/mol. The highest BCUT2D eigenvalue weighted by molar-refractivity contribution is 5.87. The van der Waals surface area contributed by atoms with Gasteiger partial charge in [0.15, 0.2) is 5.65 Å². The number of aromatic nitrogens is 3. The first-order valence-electron chi connectivity index (χ1n) is 7.35. The average molecular weight is 288 g/mol. The van der Waals surface area contributed by atoms with Gasteiger partial charge in [-0.3, -0.25) is 4.40 Å². The van der Waals surface area contributed by atoms with E-state index in [0.717, 1.165) is 31.8 Å². The maximum absolute atomic E-state index is 11.1. The van der Waals surface area contributed by atoms with Crippen LogP contribution in [0.15, 0.2) is 18.3 Å². The van der Waals surface area contributed by atoms with E-state index >= 15 is 0 Å². The minimum atomic E-state index is -0.927. The van der Waals surface area contributed by atoms with Crippen molar-refractivity contribution in [2.24, 2.45) is 5.92 Å². The van der Waals surface area contributed by atoms with E-state index in [0.29, 0.717) is 17.6 Å². The normalized spacial score (nSPS) is 19.7. The van der Waals surface area contributed by atoms with Crippen LogP contribution < -0.4 is 0 Å². The molecule has 1 atom stereocenters.